The Hall–Kier alpha value is -2.62. The van der Waals surface area contributed by atoms with Crippen LogP contribution in [-0.2, 0) is 4.74 Å². The third-order valence-corrected chi connectivity index (χ3v) is 2.94. The Morgan fingerprint density at radius 1 is 0.952 bits per heavy atom. The molecule has 0 aromatic heterocycles. The highest BCUT2D eigenvalue weighted by molar-refractivity contribution is 5.93. The van der Waals surface area contributed by atoms with Crippen molar-refractivity contribution in [1.82, 2.24) is 0 Å². The highest BCUT2D eigenvalue weighted by atomic mass is 16.5. The summed E-state index contributed by atoms with van der Waals surface area (Å²) >= 11 is 0. The summed E-state index contributed by atoms with van der Waals surface area (Å²) in [7, 11) is 0. The fourth-order valence-corrected chi connectivity index (χ4v) is 1.84. The van der Waals surface area contributed by atoms with Gasteiger partial charge in [0.1, 0.15) is 5.75 Å². The van der Waals surface area contributed by atoms with Crippen molar-refractivity contribution >= 4 is 11.9 Å². The Balaban J connectivity index is 2.09. The van der Waals surface area contributed by atoms with Crippen molar-refractivity contribution in [2.24, 2.45) is 0 Å². The highest BCUT2D eigenvalue weighted by Gasteiger charge is 2.12. The van der Waals surface area contributed by atoms with Crippen molar-refractivity contribution in [2.75, 3.05) is 6.61 Å². The van der Waals surface area contributed by atoms with Gasteiger partial charge < -0.3 is 9.47 Å². The van der Waals surface area contributed by atoms with E-state index in [9.17, 15) is 9.59 Å². The van der Waals surface area contributed by atoms with Gasteiger partial charge in [0, 0.05) is 0 Å². The minimum Gasteiger partial charge on any atom is -0.462 e. The van der Waals surface area contributed by atoms with Crippen LogP contribution in [0.25, 0.3) is 0 Å². The van der Waals surface area contributed by atoms with Gasteiger partial charge in [0.05, 0.1) is 17.7 Å². The summed E-state index contributed by atoms with van der Waals surface area (Å²) in [5, 5.41) is 0. The van der Waals surface area contributed by atoms with E-state index >= 15 is 0 Å². The minimum atomic E-state index is -0.419. The number of carbonyl (C=O) groups excluding carboxylic acids is 2. The monoisotopic (exact) mass is 284 g/mol. The van der Waals surface area contributed by atoms with E-state index in [1.165, 1.54) is 0 Å². The van der Waals surface area contributed by atoms with Gasteiger partial charge >= 0.3 is 11.9 Å². The van der Waals surface area contributed by atoms with E-state index in [-0.39, 0.29) is 0 Å². The number of benzene rings is 2. The molecule has 0 heterocycles. The summed E-state index contributed by atoms with van der Waals surface area (Å²) in [4.78, 5) is 23.6. The van der Waals surface area contributed by atoms with E-state index in [1.807, 2.05) is 19.1 Å². The van der Waals surface area contributed by atoms with Crippen molar-refractivity contribution in [1.29, 1.82) is 0 Å². The van der Waals surface area contributed by atoms with Gasteiger partial charge in [-0.2, -0.15) is 0 Å². The first-order valence-corrected chi connectivity index (χ1v) is 6.67. The number of hydrogen-bond donors (Lipinski definition) is 0. The van der Waals surface area contributed by atoms with Crippen LogP contribution in [-0.4, -0.2) is 18.5 Å². The van der Waals surface area contributed by atoms with Crippen LogP contribution >= 0.6 is 0 Å². The molecule has 21 heavy (non-hydrogen) atoms. The standard InChI is InChI=1S/C17H16O4/c1-3-20-16(18)13-8-10-14(11-9-13)21-17(19)15-7-5-4-6-12(15)2/h4-11H,3H2,1-2H3. The molecule has 0 unspecified atom stereocenters. The Morgan fingerprint density at radius 3 is 2.24 bits per heavy atom. The highest BCUT2D eigenvalue weighted by Crippen LogP contribution is 2.16. The maximum absolute atomic E-state index is 12.0. The second kappa shape index (κ2) is 6.70. The van der Waals surface area contributed by atoms with E-state index in [2.05, 4.69) is 0 Å². The van der Waals surface area contributed by atoms with E-state index in [0.717, 1.165) is 5.56 Å². The van der Waals surface area contributed by atoms with Crippen LogP contribution in [0.3, 0.4) is 0 Å². The smallest absolute Gasteiger partial charge is 0.343 e. The van der Waals surface area contributed by atoms with Crippen LogP contribution in [0.1, 0.15) is 33.2 Å². The van der Waals surface area contributed by atoms with Crippen molar-refractivity contribution in [3.8, 4) is 5.75 Å². The topological polar surface area (TPSA) is 52.6 Å². The average molecular weight is 284 g/mol. The van der Waals surface area contributed by atoms with E-state index < -0.39 is 11.9 Å². The van der Waals surface area contributed by atoms with E-state index in [4.69, 9.17) is 9.47 Å². The molecule has 2 aromatic carbocycles. The predicted molar refractivity (Wildman–Crippen MR) is 78.5 cm³/mol. The van der Waals surface area contributed by atoms with Crippen LogP contribution in [0, 0.1) is 6.92 Å². The molecule has 0 amide bonds. The molecule has 0 fully saturated rings. The van der Waals surface area contributed by atoms with Crippen molar-refractivity contribution in [2.45, 2.75) is 13.8 Å². The summed E-state index contributed by atoms with van der Waals surface area (Å²) in [6.45, 7) is 3.92. The van der Waals surface area contributed by atoms with Crippen molar-refractivity contribution < 1.29 is 19.1 Å². The van der Waals surface area contributed by atoms with Gasteiger partial charge in [0.15, 0.2) is 0 Å². The van der Waals surface area contributed by atoms with Gasteiger partial charge in [0.2, 0.25) is 0 Å². The quantitative estimate of drug-likeness (QED) is 0.638. The summed E-state index contributed by atoms with van der Waals surface area (Å²) in [6.07, 6.45) is 0. The average Bonchev–Trinajstić information content (AvgIpc) is 2.48. The summed E-state index contributed by atoms with van der Waals surface area (Å²) in [6, 6.07) is 13.5. The molecule has 0 radical (unpaired) electrons. The van der Waals surface area contributed by atoms with Gasteiger partial charge in [-0.3, -0.25) is 0 Å². The van der Waals surface area contributed by atoms with Crippen LogP contribution in [0.2, 0.25) is 0 Å². The number of carbonyl (C=O) groups is 2. The molecule has 4 nitrogen and oxygen atoms in total. The molecule has 0 atom stereocenters. The lowest BCUT2D eigenvalue weighted by Gasteiger charge is -2.07. The third-order valence-electron chi connectivity index (χ3n) is 2.94. The third kappa shape index (κ3) is 3.69. The maximum atomic E-state index is 12.0. The fraction of sp³-hybridized carbons (Fsp3) is 0.176. The van der Waals surface area contributed by atoms with E-state index in [0.29, 0.717) is 23.5 Å². The molecular formula is C17H16O4. The second-order valence-electron chi connectivity index (χ2n) is 4.45. The van der Waals surface area contributed by atoms with Crippen molar-refractivity contribution in [3.63, 3.8) is 0 Å². The molecule has 2 aromatic rings. The number of esters is 2. The Labute approximate surface area is 123 Å². The van der Waals surface area contributed by atoms with Gasteiger partial charge in [-0.05, 0) is 49.7 Å². The number of rotatable bonds is 4. The fourth-order valence-electron chi connectivity index (χ4n) is 1.84. The van der Waals surface area contributed by atoms with E-state index in [1.54, 1.807) is 43.3 Å². The largest absolute Gasteiger partial charge is 0.462 e. The number of hydrogen-bond acceptors (Lipinski definition) is 4. The molecule has 0 bridgehead atoms. The first-order chi connectivity index (χ1) is 10.1. The lowest BCUT2D eigenvalue weighted by atomic mass is 10.1. The van der Waals surface area contributed by atoms with Gasteiger partial charge in [-0.1, -0.05) is 18.2 Å². The number of aryl methyl sites for hydroxylation is 1. The van der Waals surface area contributed by atoms with Gasteiger partial charge in [-0.25, -0.2) is 9.59 Å². The Kier molecular flexibility index (Phi) is 4.72. The maximum Gasteiger partial charge on any atom is 0.343 e. The van der Waals surface area contributed by atoms with Gasteiger partial charge in [-0.15, -0.1) is 0 Å². The SMILES string of the molecule is CCOC(=O)c1ccc(OC(=O)c2ccccc2C)cc1. The second-order valence-corrected chi connectivity index (χ2v) is 4.45. The summed E-state index contributed by atoms with van der Waals surface area (Å²) in [5.41, 5.74) is 1.80. The summed E-state index contributed by atoms with van der Waals surface area (Å²) < 4.78 is 10.2. The predicted octanol–water partition coefficient (Wildman–Crippen LogP) is 3.39. The first-order valence-electron chi connectivity index (χ1n) is 6.67. The zero-order chi connectivity index (χ0) is 15.2. The Morgan fingerprint density at radius 2 is 1.62 bits per heavy atom. The molecule has 0 N–H and O–H groups in total. The molecule has 4 heteroatoms. The molecule has 0 aliphatic rings. The molecule has 0 saturated carbocycles. The molecule has 2 rings (SSSR count). The normalized spacial score (nSPS) is 10.0. The van der Waals surface area contributed by atoms with Crippen molar-refractivity contribution in [3.05, 3.63) is 65.2 Å². The van der Waals surface area contributed by atoms with Crippen LogP contribution in [0.4, 0.5) is 0 Å². The first kappa shape index (κ1) is 14.8. The van der Waals surface area contributed by atoms with Gasteiger partial charge in [0.25, 0.3) is 0 Å². The zero-order valence-corrected chi connectivity index (χ0v) is 12.0. The Bertz CT molecular complexity index is 644. The van der Waals surface area contributed by atoms with Crippen LogP contribution in [0.5, 0.6) is 5.75 Å². The molecule has 0 spiro atoms. The number of ether oxygens (including phenoxy) is 2. The van der Waals surface area contributed by atoms with Crippen LogP contribution in [0.15, 0.2) is 48.5 Å². The molecule has 108 valence electrons. The molecule has 0 aliphatic carbocycles. The molecule has 0 aliphatic heterocycles. The lowest BCUT2D eigenvalue weighted by molar-refractivity contribution is 0.0526. The lowest BCUT2D eigenvalue weighted by Crippen LogP contribution is -2.10. The molecule has 0 saturated heterocycles. The molecular weight excluding hydrogens is 268 g/mol. The minimum absolute atomic E-state index is 0.322. The zero-order valence-electron chi connectivity index (χ0n) is 12.0. The van der Waals surface area contributed by atoms with Crippen LogP contribution < -0.4 is 4.74 Å². The summed E-state index contributed by atoms with van der Waals surface area (Å²) in [5.74, 6) is -0.428.